The number of furan rings is 1. The fraction of sp³-hybridized carbons (Fsp3) is 0.519. The monoisotopic (exact) mass is 459 g/mol. The van der Waals surface area contributed by atoms with Crippen LogP contribution in [0.25, 0.3) is 11.1 Å². The van der Waals surface area contributed by atoms with Gasteiger partial charge < -0.3 is 18.6 Å². The maximum atomic E-state index is 10.0. The first-order valence-electron chi connectivity index (χ1n) is 12.2. The average Bonchev–Trinajstić information content (AvgIpc) is 3.53. The molecule has 1 unspecified atom stereocenters. The Morgan fingerprint density at radius 1 is 1.18 bits per heavy atom. The fourth-order valence-corrected chi connectivity index (χ4v) is 5.09. The molecule has 3 heterocycles. The minimum Gasteiger partial charge on any atom is -0.468 e. The molecular weight excluding hydrogens is 426 g/mol. The number of benzene rings is 1. The zero-order valence-corrected chi connectivity index (χ0v) is 20.1. The highest BCUT2D eigenvalue weighted by Gasteiger charge is 2.38. The number of nitrogens with zero attached hydrogens (tertiary/aromatic N) is 5. The van der Waals surface area contributed by atoms with Crippen LogP contribution in [0.3, 0.4) is 0 Å². The Bertz CT molecular complexity index is 1100. The summed E-state index contributed by atoms with van der Waals surface area (Å²) in [6, 6.07) is 17.3. The third-order valence-corrected chi connectivity index (χ3v) is 7.18. The van der Waals surface area contributed by atoms with Crippen molar-refractivity contribution in [3.05, 3.63) is 48.4 Å². The zero-order chi connectivity index (χ0) is 24.0. The summed E-state index contributed by atoms with van der Waals surface area (Å²) >= 11 is 0. The number of hydrogen-bond acceptors (Lipinski definition) is 7. The lowest BCUT2D eigenvalue weighted by molar-refractivity contribution is 0.193. The lowest BCUT2D eigenvalue weighted by atomic mass is 9.73. The Hall–Kier alpha value is -3.29. The molecule has 0 spiro atoms. The minimum atomic E-state index is -0.580. The SMILES string of the molecule is CC(C)C(C#N)(CCCN1CCC(N(CCC#N)c2nc3ccccc3o2)CC1)c1ccco1. The third-order valence-electron chi connectivity index (χ3n) is 7.18. The van der Waals surface area contributed by atoms with E-state index in [4.69, 9.17) is 14.1 Å². The van der Waals surface area contributed by atoms with Gasteiger partial charge >= 0.3 is 0 Å². The van der Waals surface area contributed by atoms with E-state index in [1.165, 1.54) is 0 Å². The van der Waals surface area contributed by atoms with Crippen molar-refractivity contribution in [3.63, 3.8) is 0 Å². The number of nitriles is 2. The van der Waals surface area contributed by atoms with E-state index in [0.29, 0.717) is 25.0 Å². The van der Waals surface area contributed by atoms with Crippen molar-refractivity contribution in [3.8, 4) is 12.1 Å². The number of anilines is 1. The van der Waals surface area contributed by atoms with Crippen LogP contribution in [-0.4, -0.2) is 42.1 Å². The van der Waals surface area contributed by atoms with Gasteiger partial charge in [0.15, 0.2) is 5.58 Å². The van der Waals surface area contributed by atoms with Gasteiger partial charge in [0.25, 0.3) is 6.01 Å². The van der Waals surface area contributed by atoms with Crippen molar-refractivity contribution in [1.29, 1.82) is 10.5 Å². The van der Waals surface area contributed by atoms with Gasteiger partial charge in [-0.15, -0.1) is 0 Å². The molecule has 3 aromatic rings. The van der Waals surface area contributed by atoms with Gasteiger partial charge in [-0.2, -0.15) is 15.5 Å². The lowest BCUT2D eigenvalue weighted by Gasteiger charge is -2.38. The highest BCUT2D eigenvalue weighted by Crippen LogP contribution is 2.37. The van der Waals surface area contributed by atoms with E-state index >= 15 is 0 Å². The Balaban J connectivity index is 1.35. The summed E-state index contributed by atoms with van der Waals surface area (Å²) in [5.74, 6) is 0.953. The molecule has 178 valence electrons. The van der Waals surface area contributed by atoms with Gasteiger partial charge in [-0.25, -0.2) is 0 Å². The molecule has 1 fully saturated rings. The molecule has 4 rings (SSSR count). The predicted octanol–water partition coefficient (Wildman–Crippen LogP) is 5.50. The highest BCUT2D eigenvalue weighted by atomic mass is 16.4. The summed E-state index contributed by atoms with van der Waals surface area (Å²) in [6.07, 6.45) is 5.82. The van der Waals surface area contributed by atoms with Gasteiger partial charge in [-0.1, -0.05) is 26.0 Å². The molecule has 0 aliphatic carbocycles. The molecule has 1 aliphatic heterocycles. The number of piperidine rings is 1. The summed E-state index contributed by atoms with van der Waals surface area (Å²) in [6.45, 7) is 7.74. The number of likely N-dealkylation sites (tertiary alicyclic amines) is 1. The maximum absolute atomic E-state index is 10.0. The number of hydrogen-bond donors (Lipinski definition) is 0. The number of para-hydroxylation sites is 2. The molecule has 34 heavy (non-hydrogen) atoms. The largest absolute Gasteiger partial charge is 0.468 e. The molecule has 1 aromatic carbocycles. The third kappa shape index (κ3) is 4.95. The second kappa shape index (κ2) is 10.8. The van der Waals surface area contributed by atoms with E-state index in [2.05, 4.69) is 40.8 Å². The molecule has 1 saturated heterocycles. The van der Waals surface area contributed by atoms with Crippen LogP contribution in [0.2, 0.25) is 0 Å². The highest BCUT2D eigenvalue weighted by molar-refractivity contribution is 5.74. The Labute approximate surface area is 201 Å². The second-order valence-corrected chi connectivity index (χ2v) is 9.46. The van der Waals surface area contributed by atoms with E-state index in [1.807, 2.05) is 36.4 Å². The first-order chi connectivity index (χ1) is 16.6. The summed E-state index contributed by atoms with van der Waals surface area (Å²) in [5.41, 5.74) is 1.04. The van der Waals surface area contributed by atoms with Gasteiger partial charge in [-0.05, 0) is 62.4 Å². The number of fused-ring (bicyclic) bond motifs is 1. The molecular formula is C27H33N5O2. The number of aromatic nitrogens is 1. The van der Waals surface area contributed by atoms with Crippen molar-refractivity contribution >= 4 is 17.1 Å². The van der Waals surface area contributed by atoms with Crippen LogP contribution in [0.15, 0.2) is 51.5 Å². The molecule has 0 radical (unpaired) electrons. The van der Waals surface area contributed by atoms with Gasteiger partial charge in [0.05, 0.1) is 24.8 Å². The summed E-state index contributed by atoms with van der Waals surface area (Å²) in [5, 5.41) is 19.2. The van der Waals surface area contributed by atoms with E-state index < -0.39 is 5.41 Å². The Kier molecular flexibility index (Phi) is 7.55. The molecule has 1 atom stereocenters. The maximum Gasteiger partial charge on any atom is 0.298 e. The Morgan fingerprint density at radius 3 is 2.62 bits per heavy atom. The van der Waals surface area contributed by atoms with E-state index in [9.17, 15) is 5.26 Å². The van der Waals surface area contributed by atoms with Crippen molar-refractivity contribution < 1.29 is 8.83 Å². The summed E-state index contributed by atoms with van der Waals surface area (Å²) < 4.78 is 11.7. The van der Waals surface area contributed by atoms with Gasteiger partial charge in [0.2, 0.25) is 0 Å². The quantitative estimate of drug-likeness (QED) is 0.395. The number of rotatable bonds is 10. The zero-order valence-electron chi connectivity index (χ0n) is 20.1. The molecule has 0 bridgehead atoms. The van der Waals surface area contributed by atoms with Crippen LogP contribution in [-0.2, 0) is 5.41 Å². The first kappa shape index (κ1) is 23.9. The van der Waals surface area contributed by atoms with Crippen molar-refractivity contribution in [2.24, 2.45) is 5.92 Å². The summed E-state index contributed by atoms with van der Waals surface area (Å²) in [4.78, 5) is 9.34. The summed E-state index contributed by atoms with van der Waals surface area (Å²) in [7, 11) is 0. The van der Waals surface area contributed by atoms with Crippen LogP contribution in [0.1, 0.15) is 51.7 Å². The van der Waals surface area contributed by atoms with Crippen LogP contribution in [0.4, 0.5) is 6.01 Å². The van der Waals surface area contributed by atoms with E-state index in [-0.39, 0.29) is 5.92 Å². The smallest absolute Gasteiger partial charge is 0.298 e. The lowest BCUT2D eigenvalue weighted by Crippen LogP contribution is -2.46. The first-order valence-corrected chi connectivity index (χ1v) is 12.2. The van der Waals surface area contributed by atoms with Gasteiger partial charge in [-0.3, -0.25) is 0 Å². The van der Waals surface area contributed by atoms with Crippen molar-refractivity contribution in [2.45, 2.75) is 57.4 Å². The van der Waals surface area contributed by atoms with Gasteiger partial charge in [0, 0.05) is 25.7 Å². The van der Waals surface area contributed by atoms with E-state index in [0.717, 1.165) is 62.2 Å². The Morgan fingerprint density at radius 2 is 1.97 bits per heavy atom. The average molecular weight is 460 g/mol. The van der Waals surface area contributed by atoms with E-state index in [1.54, 1.807) is 6.26 Å². The fourth-order valence-electron chi connectivity index (χ4n) is 5.09. The number of oxazole rings is 1. The minimum absolute atomic E-state index is 0.180. The normalized spacial score (nSPS) is 16.9. The van der Waals surface area contributed by atoms with Gasteiger partial charge in [0.1, 0.15) is 16.7 Å². The molecule has 1 aliphatic rings. The molecule has 7 nitrogen and oxygen atoms in total. The molecule has 2 aromatic heterocycles. The van der Waals surface area contributed by atoms with Crippen LogP contribution in [0, 0.1) is 28.6 Å². The molecule has 0 amide bonds. The van der Waals surface area contributed by atoms with Crippen LogP contribution in [0.5, 0.6) is 0 Å². The predicted molar refractivity (Wildman–Crippen MR) is 131 cm³/mol. The molecule has 7 heteroatoms. The van der Waals surface area contributed by atoms with Crippen LogP contribution >= 0.6 is 0 Å². The standard InChI is InChI=1S/C27H33N5O2/c1-21(2)27(20-29,25-10-5-19-33-25)13-6-15-31-17-11-22(12-18-31)32(16-7-14-28)26-30-23-8-3-4-9-24(23)34-26/h3-5,8-10,19,21-22H,6-7,11-13,15-18H2,1-2H3. The molecule has 0 N–H and O–H groups in total. The topological polar surface area (TPSA) is 93.2 Å². The second-order valence-electron chi connectivity index (χ2n) is 9.46. The van der Waals surface area contributed by atoms with Crippen LogP contribution < -0.4 is 4.90 Å². The molecule has 0 saturated carbocycles. The van der Waals surface area contributed by atoms with Crippen molar-refractivity contribution in [1.82, 2.24) is 9.88 Å². The van der Waals surface area contributed by atoms with Crippen molar-refractivity contribution in [2.75, 3.05) is 31.1 Å².